The molecule has 4 aliphatic rings. The molecule has 4 bridgehead atoms. The Morgan fingerprint density at radius 2 is 1.69 bits per heavy atom. The van der Waals surface area contributed by atoms with E-state index in [2.05, 4.69) is 6.08 Å². The Kier molecular flexibility index (Phi) is 4.99. The van der Waals surface area contributed by atoms with Crippen molar-refractivity contribution in [1.29, 1.82) is 0 Å². The summed E-state index contributed by atoms with van der Waals surface area (Å²) in [5, 5.41) is 9.54. The number of hydrogen-bond acceptors (Lipinski definition) is 3. The minimum atomic E-state index is -5.79. The maximum absolute atomic E-state index is 13.0. The number of esters is 1. The summed E-state index contributed by atoms with van der Waals surface area (Å²) in [6.07, 6.45) is -5.77. The van der Waals surface area contributed by atoms with E-state index in [0.29, 0.717) is 18.8 Å². The molecule has 0 aliphatic heterocycles. The standard InChI is InChI=1S/C20H24F6O3/c21-19(22,23)18(28,20(24,25)26)8-13-7-12-3-4-14(13)16(12)9-29-17(27)15-6-10-1-2-11(15)5-10/h1-2,10-16,28H,3-9H2. The normalized spacial score (nSPS) is 38.8. The number of ether oxygens (including phenoxy) is 1. The average molecular weight is 426 g/mol. The highest BCUT2D eigenvalue weighted by Gasteiger charge is 2.71. The van der Waals surface area contributed by atoms with E-state index in [4.69, 9.17) is 4.74 Å². The molecule has 4 rings (SSSR count). The van der Waals surface area contributed by atoms with Crippen molar-refractivity contribution in [1.82, 2.24) is 0 Å². The molecule has 0 aromatic carbocycles. The largest absolute Gasteiger partial charge is 0.465 e. The Hall–Kier alpha value is -1.25. The zero-order valence-corrected chi connectivity index (χ0v) is 15.7. The number of allylic oxidation sites excluding steroid dienone is 2. The average Bonchev–Trinajstić information content (AvgIpc) is 3.37. The third-order valence-corrected chi connectivity index (χ3v) is 7.73. The van der Waals surface area contributed by atoms with Gasteiger partial charge in [0.1, 0.15) is 0 Å². The lowest BCUT2D eigenvalue weighted by atomic mass is 9.79. The van der Waals surface area contributed by atoms with E-state index in [9.17, 15) is 36.2 Å². The lowest BCUT2D eigenvalue weighted by Gasteiger charge is -2.36. The summed E-state index contributed by atoms with van der Waals surface area (Å²) in [4.78, 5) is 12.4. The minimum absolute atomic E-state index is 0.0404. The number of fused-ring (bicyclic) bond motifs is 4. The van der Waals surface area contributed by atoms with Gasteiger partial charge in [-0.05, 0) is 74.0 Å². The SMILES string of the molecule is O=C(OCC1C2CCC1C(CC(O)(C(F)(F)F)C(F)(F)F)C2)C1CC2C=CC1C2. The van der Waals surface area contributed by atoms with Crippen LogP contribution in [0.4, 0.5) is 26.3 Å². The van der Waals surface area contributed by atoms with Gasteiger partial charge in [-0.15, -0.1) is 0 Å². The maximum Gasteiger partial charge on any atom is 0.426 e. The lowest BCUT2D eigenvalue weighted by Crippen LogP contribution is -2.58. The quantitative estimate of drug-likeness (QED) is 0.396. The summed E-state index contributed by atoms with van der Waals surface area (Å²) >= 11 is 0. The van der Waals surface area contributed by atoms with Gasteiger partial charge in [0.15, 0.2) is 0 Å². The highest BCUT2D eigenvalue weighted by atomic mass is 19.4. The third-order valence-electron chi connectivity index (χ3n) is 7.73. The highest BCUT2D eigenvalue weighted by molar-refractivity contribution is 5.74. The Balaban J connectivity index is 1.38. The van der Waals surface area contributed by atoms with Gasteiger partial charge in [0.2, 0.25) is 0 Å². The van der Waals surface area contributed by atoms with Crippen molar-refractivity contribution in [2.24, 2.45) is 41.4 Å². The molecule has 3 fully saturated rings. The van der Waals surface area contributed by atoms with Crippen LogP contribution in [0, 0.1) is 41.4 Å². The Morgan fingerprint density at radius 1 is 1.00 bits per heavy atom. The van der Waals surface area contributed by atoms with Crippen molar-refractivity contribution in [3.05, 3.63) is 12.2 Å². The van der Waals surface area contributed by atoms with E-state index in [1.165, 1.54) is 0 Å². The van der Waals surface area contributed by atoms with Crippen LogP contribution >= 0.6 is 0 Å². The summed E-state index contributed by atoms with van der Waals surface area (Å²) in [6.45, 7) is 0.0404. The van der Waals surface area contributed by atoms with Gasteiger partial charge in [0.25, 0.3) is 5.60 Å². The molecule has 7 atom stereocenters. The molecular formula is C20H24F6O3. The molecule has 164 valence electrons. The second kappa shape index (κ2) is 6.89. The van der Waals surface area contributed by atoms with Crippen LogP contribution in [0.3, 0.4) is 0 Å². The van der Waals surface area contributed by atoms with Crippen LogP contribution in [0.5, 0.6) is 0 Å². The molecule has 1 N–H and O–H groups in total. The predicted molar refractivity (Wildman–Crippen MR) is 89.3 cm³/mol. The van der Waals surface area contributed by atoms with Gasteiger partial charge in [0.05, 0.1) is 12.5 Å². The fourth-order valence-corrected chi connectivity index (χ4v) is 6.23. The van der Waals surface area contributed by atoms with Crippen molar-refractivity contribution < 1.29 is 41.0 Å². The second-order valence-electron chi connectivity index (χ2n) is 9.24. The third kappa shape index (κ3) is 3.47. The van der Waals surface area contributed by atoms with Gasteiger partial charge in [-0.3, -0.25) is 4.79 Å². The molecule has 0 heterocycles. The Bertz CT molecular complexity index is 671. The molecule has 29 heavy (non-hydrogen) atoms. The van der Waals surface area contributed by atoms with Crippen LogP contribution in [0.15, 0.2) is 12.2 Å². The summed E-state index contributed by atoms with van der Waals surface area (Å²) in [5.41, 5.74) is -4.70. The molecule has 3 saturated carbocycles. The molecule has 0 spiro atoms. The number of carbonyl (C=O) groups excluding carboxylic acids is 1. The first-order valence-corrected chi connectivity index (χ1v) is 10.1. The summed E-state index contributed by atoms with van der Waals surface area (Å²) < 4.78 is 83.8. The van der Waals surface area contributed by atoms with Crippen LogP contribution in [-0.2, 0) is 9.53 Å². The number of aliphatic hydroxyl groups is 1. The molecule has 7 unspecified atom stereocenters. The minimum Gasteiger partial charge on any atom is -0.465 e. The smallest absolute Gasteiger partial charge is 0.426 e. The van der Waals surface area contributed by atoms with Gasteiger partial charge in [0, 0.05) is 0 Å². The van der Waals surface area contributed by atoms with Crippen molar-refractivity contribution in [2.45, 2.75) is 56.5 Å². The first kappa shape index (κ1) is 21.0. The molecule has 0 aromatic heterocycles. The zero-order chi connectivity index (χ0) is 21.2. The van der Waals surface area contributed by atoms with Gasteiger partial charge >= 0.3 is 18.3 Å². The number of hydrogen-bond donors (Lipinski definition) is 1. The summed E-state index contributed by atoms with van der Waals surface area (Å²) in [6, 6.07) is 0. The highest BCUT2D eigenvalue weighted by Crippen LogP contribution is 2.58. The van der Waals surface area contributed by atoms with E-state index in [-0.39, 0.29) is 42.7 Å². The predicted octanol–water partition coefficient (Wildman–Crippen LogP) is 4.65. The maximum atomic E-state index is 13.0. The summed E-state index contributed by atoms with van der Waals surface area (Å²) in [5.74, 6) is -1.53. The van der Waals surface area contributed by atoms with E-state index in [0.717, 1.165) is 12.8 Å². The Morgan fingerprint density at radius 3 is 2.24 bits per heavy atom. The van der Waals surface area contributed by atoms with E-state index in [1.54, 1.807) is 0 Å². The molecule has 0 saturated heterocycles. The van der Waals surface area contributed by atoms with Crippen molar-refractivity contribution >= 4 is 5.97 Å². The van der Waals surface area contributed by atoms with Crippen molar-refractivity contribution in [3.63, 3.8) is 0 Å². The fraction of sp³-hybridized carbons (Fsp3) is 0.850. The molecule has 0 amide bonds. The van der Waals surface area contributed by atoms with Gasteiger partial charge in [-0.1, -0.05) is 12.2 Å². The van der Waals surface area contributed by atoms with Crippen LogP contribution in [0.25, 0.3) is 0 Å². The molecule has 9 heteroatoms. The lowest BCUT2D eigenvalue weighted by molar-refractivity contribution is -0.373. The van der Waals surface area contributed by atoms with E-state index in [1.807, 2.05) is 6.08 Å². The first-order valence-electron chi connectivity index (χ1n) is 10.1. The molecule has 0 aromatic rings. The van der Waals surface area contributed by atoms with Crippen LogP contribution in [0.2, 0.25) is 0 Å². The van der Waals surface area contributed by atoms with Gasteiger partial charge in [-0.25, -0.2) is 0 Å². The monoisotopic (exact) mass is 426 g/mol. The second-order valence-corrected chi connectivity index (χ2v) is 9.24. The fourth-order valence-electron chi connectivity index (χ4n) is 6.23. The molecule has 3 nitrogen and oxygen atoms in total. The molecular weight excluding hydrogens is 402 g/mol. The number of carbonyl (C=O) groups is 1. The van der Waals surface area contributed by atoms with Gasteiger partial charge in [-0.2, -0.15) is 26.3 Å². The van der Waals surface area contributed by atoms with E-state index < -0.39 is 36.2 Å². The first-order chi connectivity index (χ1) is 13.4. The van der Waals surface area contributed by atoms with E-state index >= 15 is 0 Å². The molecule has 0 radical (unpaired) electrons. The van der Waals surface area contributed by atoms with Gasteiger partial charge < -0.3 is 9.84 Å². The van der Waals surface area contributed by atoms with Crippen molar-refractivity contribution in [3.8, 4) is 0 Å². The molecule has 4 aliphatic carbocycles. The Labute approximate surface area is 164 Å². The van der Waals surface area contributed by atoms with Crippen LogP contribution in [-0.4, -0.2) is 35.6 Å². The number of halogens is 6. The van der Waals surface area contributed by atoms with Crippen molar-refractivity contribution in [2.75, 3.05) is 6.61 Å². The topological polar surface area (TPSA) is 46.5 Å². The van der Waals surface area contributed by atoms with Crippen LogP contribution in [0.1, 0.15) is 38.5 Å². The number of alkyl halides is 6. The number of rotatable bonds is 5. The summed E-state index contributed by atoms with van der Waals surface area (Å²) in [7, 11) is 0. The zero-order valence-electron chi connectivity index (χ0n) is 15.7. The van der Waals surface area contributed by atoms with Crippen LogP contribution < -0.4 is 0 Å².